The van der Waals surface area contributed by atoms with E-state index in [-0.39, 0.29) is 0 Å². The molecule has 0 aliphatic rings. The van der Waals surface area contributed by atoms with Gasteiger partial charge in [0.05, 0.1) is 11.0 Å². The van der Waals surface area contributed by atoms with Crippen molar-refractivity contribution in [1.82, 2.24) is 19.5 Å². The third-order valence-corrected chi connectivity index (χ3v) is 13.0. The van der Waals surface area contributed by atoms with Crippen LogP contribution in [0.25, 0.3) is 128 Å². The highest BCUT2D eigenvalue weighted by Crippen LogP contribution is 2.40. The van der Waals surface area contributed by atoms with Crippen molar-refractivity contribution in [2.45, 2.75) is 0 Å². The molecule has 0 amide bonds. The Hall–Kier alpha value is -9.19. The summed E-state index contributed by atoms with van der Waals surface area (Å²) in [5.41, 5.74) is 16.7. The number of benzene rings is 10. The summed E-state index contributed by atoms with van der Waals surface area (Å²) in [7, 11) is 0. The predicted octanol–water partition coefficient (Wildman–Crippen LogP) is 16.5. The summed E-state index contributed by atoms with van der Waals surface area (Å²) in [5.74, 6) is 1.77. The fourth-order valence-corrected chi connectivity index (χ4v) is 9.67. The molecular weight excluding hydrogens is 829 g/mol. The highest BCUT2D eigenvalue weighted by Gasteiger charge is 2.19. The number of fused-ring (bicyclic) bond motifs is 6. The minimum atomic E-state index is 0.569. The number of hydrogen-bond donors (Lipinski definition) is 0. The number of aromatic nitrogens is 4. The molecule has 13 rings (SSSR count). The monoisotopic (exact) mass is 868 g/mol. The van der Waals surface area contributed by atoms with E-state index in [1.807, 2.05) is 12.1 Å². The largest absolute Gasteiger partial charge is 0.456 e. The summed E-state index contributed by atoms with van der Waals surface area (Å²) < 4.78 is 9.18. The molecule has 0 fully saturated rings. The fourth-order valence-electron chi connectivity index (χ4n) is 9.67. The van der Waals surface area contributed by atoms with Crippen molar-refractivity contribution < 1.29 is 4.42 Å². The lowest BCUT2D eigenvalue weighted by Crippen LogP contribution is -2.00. The number of furan rings is 1. The van der Waals surface area contributed by atoms with Gasteiger partial charge in [-0.15, -0.1) is 0 Å². The zero-order valence-electron chi connectivity index (χ0n) is 36.8. The minimum Gasteiger partial charge on any atom is -0.456 e. The molecule has 0 saturated heterocycles. The lowest BCUT2D eigenvalue weighted by atomic mass is 10.00. The van der Waals surface area contributed by atoms with Gasteiger partial charge in [-0.1, -0.05) is 188 Å². The van der Waals surface area contributed by atoms with E-state index in [4.69, 9.17) is 19.4 Å². The van der Waals surface area contributed by atoms with Crippen LogP contribution in [0.4, 0.5) is 0 Å². The molecule has 0 N–H and O–H groups in total. The normalized spacial score (nSPS) is 11.5. The Morgan fingerprint density at radius 3 is 1.28 bits per heavy atom. The first-order valence-electron chi connectivity index (χ1n) is 22.9. The van der Waals surface area contributed by atoms with Gasteiger partial charge in [0, 0.05) is 50.0 Å². The van der Waals surface area contributed by atoms with Crippen LogP contribution >= 0.6 is 0 Å². The van der Waals surface area contributed by atoms with Crippen LogP contribution in [0.15, 0.2) is 247 Å². The molecule has 0 aliphatic heterocycles. The zero-order valence-corrected chi connectivity index (χ0v) is 36.8. The summed E-state index contributed by atoms with van der Waals surface area (Å²) in [6, 6.07) is 85.2. The van der Waals surface area contributed by atoms with Crippen molar-refractivity contribution in [3.63, 3.8) is 0 Å². The van der Waals surface area contributed by atoms with Gasteiger partial charge in [-0.2, -0.15) is 0 Å². The Labute approximate surface area is 392 Å². The maximum atomic E-state index is 6.82. The molecule has 0 atom stereocenters. The van der Waals surface area contributed by atoms with Crippen LogP contribution in [0.2, 0.25) is 0 Å². The lowest BCUT2D eigenvalue weighted by molar-refractivity contribution is 0.669. The first-order chi connectivity index (χ1) is 33.7. The highest BCUT2D eigenvalue weighted by molar-refractivity contribution is 6.17. The number of para-hydroxylation sites is 1. The third kappa shape index (κ3) is 7.02. The van der Waals surface area contributed by atoms with Gasteiger partial charge < -0.3 is 8.98 Å². The van der Waals surface area contributed by atoms with Crippen molar-refractivity contribution in [1.29, 1.82) is 0 Å². The van der Waals surface area contributed by atoms with E-state index in [1.165, 1.54) is 27.5 Å². The maximum Gasteiger partial charge on any atom is 0.164 e. The van der Waals surface area contributed by atoms with Gasteiger partial charge in [-0.25, -0.2) is 15.0 Å². The van der Waals surface area contributed by atoms with Gasteiger partial charge in [0.25, 0.3) is 0 Å². The van der Waals surface area contributed by atoms with Gasteiger partial charge in [0.2, 0.25) is 0 Å². The van der Waals surface area contributed by atoms with Crippen LogP contribution in [0.3, 0.4) is 0 Å². The number of hydrogen-bond acceptors (Lipinski definition) is 4. The molecule has 0 saturated carbocycles. The summed E-state index contributed by atoms with van der Waals surface area (Å²) >= 11 is 0. The molecule has 68 heavy (non-hydrogen) atoms. The molecule has 5 heteroatoms. The summed E-state index contributed by atoms with van der Waals surface area (Å²) in [5, 5.41) is 4.44. The second kappa shape index (κ2) is 16.4. The molecule has 0 unspecified atom stereocenters. The van der Waals surface area contributed by atoms with Crippen molar-refractivity contribution in [3.05, 3.63) is 243 Å². The average Bonchev–Trinajstić information content (AvgIpc) is 3.95. The molecular formula is C63H40N4O. The van der Waals surface area contributed by atoms with E-state index in [2.05, 4.69) is 235 Å². The first-order valence-corrected chi connectivity index (χ1v) is 22.9. The lowest BCUT2D eigenvalue weighted by Gasteiger charge is -2.11. The van der Waals surface area contributed by atoms with E-state index >= 15 is 0 Å². The smallest absolute Gasteiger partial charge is 0.164 e. The van der Waals surface area contributed by atoms with Gasteiger partial charge in [0.15, 0.2) is 17.5 Å². The standard InChI is InChI=1S/C63H40N4O/c1-4-15-41(16-5-1)44-29-31-45(32-30-44)48-23-14-26-52(37-48)67-57-28-11-10-27-53(57)55-39-56-54-34-33-51(38-59(54)68-60(56)40-58(55)67)63-65-61(49-24-12-21-46(35-49)42-17-6-2-7-18-42)64-62(66-63)50-25-13-22-47(36-50)43-19-8-3-9-20-43/h1-40H. The van der Waals surface area contributed by atoms with Gasteiger partial charge >= 0.3 is 0 Å². The second-order valence-electron chi connectivity index (χ2n) is 17.2. The van der Waals surface area contributed by atoms with Crippen LogP contribution in [0.1, 0.15) is 0 Å². The van der Waals surface area contributed by atoms with E-state index in [0.29, 0.717) is 17.5 Å². The fraction of sp³-hybridized carbons (Fsp3) is 0. The SMILES string of the molecule is c1ccc(-c2ccc(-c3cccc(-n4c5ccccc5c5cc6c(cc54)oc4cc(-c5nc(-c7cccc(-c8ccccc8)c7)nc(-c7cccc(-c8ccccc8)c7)n5)ccc46)c3)cc2)cc1. The Morgan fingerprint density at radius 1 is 0.250 bits per heavy atom. The van der Waals surface area contributed by atoms with Gasteiger partial charge in [-0.05, 0) is 93.0 Å². The molecule has 0 bridgehead atoms. The Balaban J connectivity index is 0.924. The van der Waals surface area contributed by atoms with E-state index in [9.17, 15) is 0 Å². The highest BCUT2D eigenvalue weighted by atomic mass is 16.3. The average molecular weight is 869 g/mol. The van der Waals surface area contributed by atoms with Crippen LogP contribution in [0, 0.1) is 0 Å². The second-order valence-corrected chi connectivity index (χ2v) is 17.2. The molecule has 5 nitrogen and oxygen atoms in total. The Kier molecular flexibility index (Phi) is 9.43. The molecule has 3 heterocycles. The van der Waals surface area contributed by atoms with Crippen molar-refractivity contribution in [3.8, 4) is 84.4 Å². The molecule has 10 aromatic carbocycles. The van der Waals surface area contributed by atoms with Crippen LogP contribution in [-0.2, 0) is 0 Å². The quantitative estimate of drug-likeness (QED) is 0.153. The van der Waals surface area contributed by atoms with Crippen LogP contribution in [0.5, 0.6) is 0 Å². The summed E-state index contributed by atoms with van der Waals surface area (Å²) in [4.78, 5) is 15.5. The molecule has 0 aliphatic carbocycles. The molecule has 13 aromatic rings. The first kappa shape index (κ1) is 39.2. The van der Waals surface area contributed by atoms with Crippen molar-refractivity contribution in [2.75, 3.05) is 0 Å². The van der Waals surface area contributed by atoms with Crippen LogP contribution < -0.4 is 0 Å². The van der Waals surface area contributed by atoms with E-state index in [0.717, 1.165) is 83.2 Å². The Morgan fingerprint density at radius 2 is 0.676 bits per heavy atom. The predicted molar refractivity (Wildman–Crippen MR) is 279 cm³/mol. The number of nitrogens with zero attached hydrogens (tertiary/aromatic N) is 4. The Bertz CT molecular complexity index is 3900. The third-order valence-electron chi connectivity index (χ3n) is 13.0. The summed E-state index contributed by atoms with van der Waals surface area (Å²) in [6.07, 6.45) is 0. The minimum absolute atomic E-state index is 0.569. The molecule has 318 valence electrons. The number of rotatable bonds is 8. The van der Waals surface area contributed by atoms with Gasteiger partial charge in [0.1, 0.15) is 11.2 Å². The molecule has 0 spiro atoms. The zero-order chi connectivity index (χ0) is 45.0. The molecule has 0 radical (unpaired) electrons. The van der Waals surface area contributed by atoms with Crippen LogP contribution in [-0.4, -0.2) is 19.5 Å². The summed E-state index contributed by atoms with van der Waals surface area (Å²) in [6.45, 7) is 0. The van der Waals surface area contributed by atoms with Gasteiger partial charge in [-0.3, -0.25) is 0 Å². The van der Waals surface area contributed by atoms with E-state index in [1.54, 1.807) is 0 Å². The topological polar surface area (TPSA) is 56.7 Å². The van der Waals surface area contributed by atoms with E-state index < -0.39 is 0 Å². The maximum absolute atomic E-state index is 6.82. The van der Waals surface area contributed by atoms with Crippen molar-refractivity contribution in [2.24, 2.45) is 0 Å². The molecule has 3 aromatic heterocycles. The van der Waals surface area contributed by atoms with Crippen molar-refractivity contribution >= 4 is 43.7 Å².